The third-order valence-corrected chi connectivity index (χ3v) is 4.12. The first-order valence-corrected chi connectivity index (χ1v) is 7.65. The molecule has 2 rings (SSSR count). The van der Waals surface area contributed by atoms with E-state index in [9.17, 15) is 5.11 Å². The Balaban J connectivity index is 2.25. The second-order valence-electron chi connectivity index (χ2n) is 5.41. The monoisotopic (exact) mass is 262 g/mol. The van der Waals surface area contributed by atoms with Crippen LogP contribution in [0.1, 0.15) is 57.2 Å². The number of pyridine rings is 1. The fraction of sp³-hybridized carbons (Fsp3) is 0.688. The molecule has 0 radical (unpaired) electrons. The van der Waals surface area contributed by atoms with Crippen molar-refractivity contribution in [3.8, 4) is 0 Å². The fourth-order valence-electron chi connectivity index (χ4n) is 3.05. The fourth-order valence-corrected chi connectivity index (χ4v) is 3.05. The molecule has 1 aliphatic carbocycles. The van der Waals surface area contributed by atoms with E-state index in [0.717, 1.165) is 30.0 Å². The molecular formula is C16H26N2O. The summed E-state index contributed by atoms with van der Waals surface area (Å²) >= 11 is 0. The van der Waals surface area contributed by atoms with Crippen molar-refractivity contribution in [1.82, 2.24) is 4.98 Å². The van der Waals surface area contributed by atoms with Crippen molar-refractivity contribution in [2.75, 3.05) is 11.4 Å². The summed E-state index contributed by atoms with van der Waals surface area (Å²) in [5.41, 5.74) is 2.06. The van der Waals surface area contributed by atoms with Gasteiger partial charge in [0.25, 0.3) is 0 Å². The first kappa shape index (κ1) is 14.3. The summed E-state index contributed by atoms with van der Waals surface area (Å²) in [4.78, 5) is 7.19. The van der Waals surface area contributed by atoms with E-state index in [1.54, 1.807) is 0 Å². The molecule has 0 bridgehead atoms. The van der Waals surface area contributed by atoms with Gasteiger partial charge in [-0.3, -0.25) is 0 Å². The van der Waals surface area contributed by atoms with Crippen molar-refractivity contribution >= 4 is 5.82 Å². The first-order valence-electron chi connectivity index (χ1n) is 7.65. The Bertz CT molecular complexity index is 377. The standard InChI is InChI=1S/C16H26N2O/c1-3-14-10-13(12-19)11-16(17-14)18(4-2)15-8-6-5-7-9-15/h10-11,15,19H,3-9,12H2,1-2H3. The molecule has 1 aromatic heterocycles. The van der Waals surface area contributed by atoms with Crippen LogP contribution in [-0.2, 0) is 13.0 Å². The van der Waals surface area contributed by atoms with Crippen LogP contribution in [0.3, 0.4) is 0 Å². The molecule has 1 fully saturated rings. The Morgan fingerprint density at radius 1 is 1.21 bits per heavy atom. The molecule has 3 nitrogen and oxygen atoms in total. The van der Waals surface area contributed by atoms with Crippen LogP contribution in [0.2, 0.25) is 0 Å². The van der Waals surface area contributed by atoms with Crippen LogP contribution < -0.4 is 4.90 Å². The zero-order chi connectivity index (χ0) is 13.7. The van der Waals surface area contributed by atoms with Crippen molar-refractivity contribution < 1.29 is 5.11 Å². The van der Waals surface area contributed by atoms with Crippen molar-refractivity contribution in [2.24, 2.45) is 0 Å². The third kappa shape index (κ3) is 3.47. The SMILES string of the molecule is CCc1cc(CO)cc(N(CC)C2CCCCC2)n1. The number of aliphatic hydroxyl groups is 1. The normalized spacial score (nSPS) is 16.6. The molecule has 0 unspecified atom stereocenters. The molecule has 0 aromatic carbocycles. The van der Waals surface area contributed by atoms with E-state index in [4.69, 9.17) is 4.98 Å². The highest BCUT2D eigenvalue weighted by Gasteiger charge is 2.21. The van der Waals surface area contributed by atoms with Crippen LogP contribution in [0.4, 0.5) is 5.82 Å². The van der Waals surface area contributed by atoms with E-state index in [0.29, 0.717) is 6.04 Å². The Labute approximate surface area is 116 Å². The molecule has 0 amide bonds. The zero-order valence-electron chi connectivity index (χ0n) is 12.2. The summed E-state index contributed by atoms with van der Waals surface area (Å²) < 4.78 is 0. The number of nitrogens with zero attached hydrogens (tertiary/aromatic N) is 2. The van der Waals surface area contributed by atoms with Crippen LogP contribution >= 0.6 is 0 Å². The zero-order valence-corrected chi connectivity index (χ0v) is 12.2. The lowest BCUT2D eigenvalue weighted by Crippen LogP contribution is -2.37. The molecule has 0 aliphatic heterocycles. The number of aromatic nitrogens is 1. The number of aliphatic hydroxyl groups excluding tert-OH is 1. The largest absolute Gasteiger partial charge is 0.392 e. The van der Waals surface area contributed by atoms with Crippen LogP contribution in [0.5, 0.6) is 0 Å². The molecule has 0 atom stereocenters. The lowest BCUT2D eigenvalue weighted by molar-refractivity contribution is 0.281. The maximum Gasteiger partial charge on any atom is 0.129 e. The molecule has 19 heavy (non-hydrogen) atoms. The highest BCUT2D eigenvalue weighted by Crippen LogP contribution is 2.27. The molecule has 0 saturated heterocycles. The van der Waals surface area contributed by atoms with Crippen LogP contribution in [0.15, 0.2) is 12.1 Å². The van der Waals surface area contributed by atoms with Gasteiger partial charge in [-0.2, -0.15) is 0 Å². The molecule has 1 aliphatic rings. The minimum Gasteiger partial charge on any atom is -0.392 e. The van der Waals surface area contributed by atoms with Crippen molar-refractivity contribution in [1.29, 1.82) is 0 Å². The molecule has 106 valence electrons. The highest BCUT2D eigenvalue weighted by molar-refractivity contribution is 5.44. The molecule has 3 heteroatoms. The summed E-state index contributed by atoms with van der Waals surface area (Å²) in [6.07, 6.45) is 7.52. The lowest BCUT2D eigenvalue weighted by atomic mass is 9.94. The molecule has 1 aromatic rings. The molecule has 0 spiro atoms. The molecule has 1 saturated carbocycles. The summed E-state index contributed by atoms with van der Waals surface area (Å²) in [5.74, 6) is 1.05. The minimum absolute atomic E-state index is 0.102. The predicted octanol–water partition coefficient (Wildman–Crippen LogP) is 3.30. The third-order valence-electron chi connectivity index (χ3n) is 4.12. The summed E-state index contributed by atoms with van der Waals surface area (Å²) in [6.45, 7) is 5.41. The number of hydrogen-bond donors (Lipinski definition) is 1. The second kappa shape index (κ2) is 6.90. The van der Waals surface area contributed by atoms with E-state index in [1.165, 1.54) is 32.1 Å². The molecule has 1 heterocycles. The van der Waals surface area contributed by atoms with E-state index in [-0.39, 0.29) is 6.61 Å². The quantitative estimate of drug-likeness (QED) is 0.884. The van der Waals surface area contributed by atoms with Gasteiger partial charge in [0.05, 0.1) is 6.61 Å². The maximum atomic E-state index is 9.40. The van der Waals surface area contributed by atoms with E-state index in [2.05, 4.69) is 24.8 Å². The lowest BCUT2D eigenvalue weighted by Gasteiger charge is -2.35. The van der Waals surface area contributed by atoms with Gasteiger partial charge >= 0.3 is 0 Å². The highest BCUT2D eigenvalue weighted by atomic mass is 16.3. The Morgan fingerprint density at radius 3 is 2.53 bits per heavy atom. The topological polar surface area (TPSA) is 36.4 Å². The number of anilines is 1. The van der Waals surface area contributed by atoms with Gasteiger partial charge in [0.15, 0.2) is 0 Å². The van der Waals surface area contributed by atoms with E-state index >= 15 is 0 Å². The Morgan fingerprint density at radius 2 is 1.95 bits per heavy atom. The van der Waals surface area contributed by atoms with Crippen LogP contribution in [0, 0.1) is 0 Å². The van der Waals surface area contributed by atoms with Crippen molar-refractivity contribution in [3.63, 3.8) is 0 Å². The van der Waals surface area contributed by atoms with Crippen molar-refractivity contribution in [3.05, 3.63) is 23.4 Å². The smallest absolute Gasteiger partial charge is 0.129 e. The predicted molar refractivity (Wildman–Crippen MR) is 79.4 cm³/mol. The van der Waals surface area contributed by atoms with E-state index < -0.39 is 0 Å². The van der Waals surface area contributed by atoms with Gasteiger partial charge in [0.2, 0.25) is 0 Å². The van der Waals surface area contributed by atoms with Gasteiger partial charge in [0.1, 0.15) is 5.82 Å². The average molecular weight is 262 g/mol. The maximum absolute atomic E-state index is 9.40. The Kier molecular flexibility index (Phi) is 5.20. The van der Waals surface area contributed by atoms with Gasteiger partial charge in [0, 0.05) is 18.3 Å². The van der Waals surface area contributed by atoms with Gasteiger partial charge < -0.3 is 10.0 Å². The second-order valence-corrected chi connectivity index (χ2v) is 5.41. The van der Waals surface area contributed by atoms with Gasteiger partial charge in [-0.05, 0) is 43.9 Å². The average Bonchev–Trinajstić information content (AvgIpc) is 2.48. The molecular weight excluding hydrogens is 236 g/mol. The van der Waals surface area contributed by atoms with Gasteiger partial charge in [-0.15, -0.1) is 0 Å². The Hall–Kier alpha value is -1.09. The summed E-state index contributed by atoms with van der Waals surface area (Å²) in [5, 5.41) is 9.40. The first-order chi connectivity index (χ1) is 9.28. The number of hydrogen-bond acceptors (Lipinski definition) is 3. The summed E-state index contributed by atoms with van der Waals surface area (Å²) in [6, 6.07) is 4.69. The summed E-state index contributed by atoms with van der Waals surface area (Å²) in [7, 11) is 0. The van der Waals surface area contributed by atoms with Crippen molar-refractivity contribution in [2.45, 2.75) is 65.0 Å². The number of rotatable bonds is 5. The van der Waals surface area contributed by atoms with Gasteiger partial charge in [-0.25, -0.2) is 4.98 Å². The van der Waals surface area contributed by atoms with Crippen LogP contribution in [0.25, 0.3) is 0 Å². The van der Waals surface area contributed by atoms with Gasteiger partial charge in [-0.1, -0.05) is 26.2 Å². The number of aryl methyl sites for hydroxylation is 1. The van der Waals surface area contributed by atoms with Crippen LogP contribution in [-0.4, -0.2) is 22.7 Å². The minimum atomic E-state index is 0.102. The van der Waals surface area contributed by atoms with E-state index in [1.807, 2.05) is 6.07 Å². The molecule has 1 N–H and O–H groups in total.